The molecule has 0 unspecified atom stereocenters. The van der Waals surface area contributed by atoms with Crippen molar-refractivity contribution in [1.82, 2.24) is 9.55 Å². The molecule has 0 aliphatic carbocycles. The lowest BCUT2D eigenvalue weighted by atomic mass is 10.1. The first kappa shape index (κ1) is 17.8. The van der Waals surface area contributed by atoms with Gasteiger partial charge in [-0.15, -0.1) is 0 Å². The van der Waals surface area contributed by atoms with E-state index in [0.29, 0.717) is 23.4 Å². The monoisotopic (exact) mass is 361 g/mol. The molecule has 0 N–H and O–H groups in total. The molecular formula is C18H17F2N3O3. The lowest BCUT2D eigenvalue weighted by Gasteiger charge is -2.26. The molecule has 0 saturated carbocycles. The van der Waals surface area contributed by atoms with Crippen LogP contribution in [0.4, 0.5) is 14.5 Å². The van der Waals surface area contributed by atoms with Crippen molar-refractivity contribution in [3.8, 4) is 5.75 Å². The maximum atomic E-state index is 14.0. The number of nitro benzene ring substituents is 1. The Morgan fingerprint density at radius 1 is 1.23 bits per heavy atom. The van der Waals surface area contributed by atoms with E-state index in [1.165, 1.54) is 18.2 Å². The number of benzene rings is 2. The molecule has 3 aromatic rings. The highest BCUT2D eigenvalue weighted by atomic mass is 19.1. The number of fused-ring (bicyclic) bond motifs is 1. The van der Waals surface area contributed by atoms with E-state index in [2.05, 4.69) is 4.98 Å². The molecule has 8 heteroatoms. The lowest BCUT2D eigenvalue weighted by molar-refractivity contribution is -0.384. The zero-order valence-corrected chi connectivity index (χ0v) is 14.5. The first-order chi connectivity index (χ1) is 12.2. The topological polar surface area (TPSA) is 70.2 Å². The summed E-state index contributed by atoms with van der Waals surface area (Å²) >= 11 is 0. The molecule has 136 valence electrons. The summed E-state index contributed by atoms with van der Waals surface area (Å²) < 4.78 is 34.7. The smallest absolute Gasteiger partial charge is 0.271 e. The molecule has 2 aromatic carbocycles. The number of hydrogen-bond donors (Lipinski definition) is 0. The highest BCUT2D eigenvalue weighted by Gasteiger charge is 2.31. The summed E-state index contributed by atoms with van der Waals surface area (Å²) in [4.78, 5) is 15.0. The minimum Gasteiger partial charge on any atom is -0.477 e. The molecule has 0 aliphatic heterocycles. The van der Waals surface area contributed by atoms with Gasteiger partial charge in [-0.1, -0.05) is 0 Å². The van der Waals surface area contributed by atoms with Gasteiger partial charge in [0.25, 0.3) is 5.69 Å². The van der Waals surface area contributed by atoms with Crippen LogP contribution in [-0.2, 0) is 12.1 Å². The summed E-state index contributed by atoms with van der Waals surface area (Å²) in [5, 5.41) is 11.0. The van der Waals surface area contributed by atoms with Gasteiger partial charge in [-0.3, -0.25) is 10.1 Å². The SMILES string of the molecule is CCn1c(C(C)(C)Oc2ccc(F)cc2F)nc2cc([N+](=O)[O-])ccc21. The first-order valence-electron chi connectivity index (χ1n) is 8.02. The minimum atomic E-state index is -1.05. The highest BCUT2D eigenvalue weighted by molar-refractivity contribution is 5.79. The van der Waals surface area contributed by atoms with Gasteiger partial charge >= 0.3 is 0 Å². The molecule has 1 aromatic heterocycles. The van der Waals surface area contributed by atoms with Gasteiger partial charge in [0.15, 0.2) is 23.0 Å². The molecule has 0 fully saturated rings. The van der Waals surface area contributed by atoms with Crippen molar-refractivity contribution in [3.63, 3.8) is 0 Å². The number of nitro groups is 1. The van der Waals surface area contributed by atoms with Gasteiger partial charge in [0, 0.05) is 24.7 Å². The van der Waals surface area contributed by atoms with E-state index in [1.807, 2.05) is 11.5 Å². The van der Waals surface area contributed by atoms with Crippen molar-refractivity contribution in [3.05, 3.63) is 64.0 Å². The molecule has 0 aliphatic rings. The third kappa shape index (κ3) is 3.10. The number of aromatic nitrogens is 2. The molecule has 26 heavy (non-hydrogen) atoms. The van der Waals surface area contributed by atoms with Gasteiger partial charge in [-0.2, -0.15) is 0 Å². The zero-order chi connectivity index (χ0) is 19.1. The van der Waals surface area contributed by atoms with Gasteiger partial charge in [-0.05, 0) is 39.0 Å². The van der Waals surface area contributed by atoms with E-state index < -0.39 is 22.2 Å². The maximum Gasteiger partial charge on any atom is 0.271 e. The third-order valence-corrected chi connectivity index (χ3v) is 4.06. The molecule has 0 spiro atoms. The number of hydrogen-bond acceptors (Lipinski definition) is 4. The quantitative estimate of drug-likeness (QED) is 0.493. The number of imidazole rings is 1. The van der Waals surface area contributed by atoms with Crippen LogP contribution in [0, 0.1) is 21.7 Å². The number of rotatable bonds is 5. The molecule has 1 heterocycles. The van der Waals surface area contributed by atoms with Crippen LogP contribution in [0.2, 0.25) is 0 Å². The van der Waals surface area contributed by atoms with Crippen LogP contribution in [-0.4, -0.2) is 14.5 Å². The summed E-state index contributed by atoms with van der Waals surface area (Å²) in [5.41, 5.74) is 0.0485. The lowest BCUT2D eigenvalue weighted by Crippen LogP contribution is -2.30. The molecule has 0 bridgehead atoms. The van der Waals surface area contributed by atoms with E-state index in [9.17, 15) is 18.9 Å². The molecular weight excluding hydrogens is 344 g/mol. The molecule has 6 nitrogen and oxygen atoms in total. The van der Waals surface area contributed by atoms with Crippen LogP contribution < -0.4 is 4.74 Å². The van der Waals surface area contributed by atoms with Crippen molar-refractivity contribution in [1.29, 1.82) is 0 Å². The number of ether oxygens (including phenoxy) is 1. The van der Waals surface area contributed by atoms with Crippen LogP contribution >= 0.6 is 0 Å². The Balaban J connectivity index is 2.08. The fraction of sp³-hybridized carbons (Fsp3) is 0.278. The molecule has 0 atom stereocenters. The van der Waals surface area contributed by atoms with Crippen LogP contribution in [0.1, 0.15) is 26.6 Å². The molecule has 0 radical (unpaired) electrons. The van der Waals surface area contributed by atoms with Crippen LogP contribution in [0.5, 0.6) is 5.75 Å². The molecule has 0 amide bonds. The normalized spacial score (nSPS) is 11.7. The van der Waals surface area contributed by atoms with Crippen molar-refractivity contribution in [2.75, 3.05) is 0 Å². The Morgan fingerprint density at radius 2 is 1.96 bits per heavy atom. The third-order valence-electron chi connectivity index (χ3n) is 4.06. The summed E-state index contributed by atoms with van der Waals surface area (Å²) in [6.45, 7) is 5.86. The Kier molecular flexibility index (Phi) is 4.35. The summed E-state index contributed by atoms with van der Waals surface area (Å²) in [6.07, 6.45) is 0. The number of nitrogens with zero attached hydrogens (tertiary/aromatic N) is 3. The highest BCUT2D eigenvalue weighted by Crippen LogP contribution is 2.32. The second kappa shape index (κ2) is 6.36. The van der Waals surface area contributed by atoms with E-state index >= 15 is 0 Å². The van der Waals surface area contributed by atoms with Gasteiger partial charge in [0.05, 0.1) is 16.0 Å². The average molecular weight is 361 g/mol. The van der Waals surface area contributed by atoms with Gasteiger partial charge in [0.1, 0.15) is 5.82 Å². The second-order valence-electron chi connectivity index (χ2n) is 6.30. The predicted molar refractivity (Wildman–Crippen MR) is 92.1 cm³/mol. The summed E-state index contributed by atoms with van der Waals surface area (Å²) in [5.74, 6) is -1.12. The first-order valence-corrected chi connectivity index (χ1v) is 8.02. The van der Waals surface area contributed by atoms with E-state index in [-0.39, 0.29) is 11.4 Å². The minimum absolute atomic E-state index is 0.0619. The van der Waals surface area contributed by atoms with Crippen molar-refractivity contribution in [2.24, 2.45) is 0 Å². The molecule has 0 saturated heterocycles. The second-order valence-corrected chi connectivity index (χ2v) is 6.30. The van der Waals surface area contributed by atoms with Crippen molar-refractivity contribution < 1.29 is 18.4 Å². The zero-order valence-electron chi connectivity index (χ0n) is 14.5. The van der Waals surface area contributed by atoms with Crippen LogP contribution in [0.25, 0.3) is 11.0 Å². The standard InChI is InChI=1S/C18H17F2N3O3/c1-4-22-15-7-6-12(23(24)25)10-14(15)21-17(22)18(2,3)26-16-8-5-11(19)9-13(16)20/h5-10H,4H2,1-3H3. The van der Waals surface area contributed by atoms with Gasteiger partial charge in [0.2, 0.25) is 0 Å². The fourth-order valence-corrected chi connectivity index (χ4v) is 2.89. The fourth-order valence-electron chi connectivity index (χ4n) is 2.89. The maximum absolute atomic E-state index is 14.0. The Bertz CT molecular complexity index is 999. The summed E-state index contributed by atoms with van der Waals surface area (Å²) in [7, 11) is 0. The number of non-ortho nitro benzene ring substituents is 1. The van der Waals surface area contributed by atoms with Crippen molar-refractivity contribution in [2.45, 2.75) is 32.9 Å². The Hall–Kier alpha value is -3.03. The predicted octanol–water partition coefficient (Wildman–Crippen LogP) is 4.56. The Labute approximate surface area is 148 Å². The van der Waals surface area contributed by atoms with E-state index in [0.717, 1.165) is 12.1 Å². The average Bonchev–Trinajstić information content (AvgIpc) is 2.96. The van der Waals surface area contributed by atoms with Crippen LogP contribution in [0.15, 0.2) is 36.4 Å². The largest absolute Gasteiger partial charge is 0.477 e. The van der Waals surface area contributed by atoms with Gasteiger partial charge < -0.3 is 9.30 Å². The summed E-state index contributed by atoms with van der Waals surface area (Å²) in [6, 6.07) is 7.50. The molecule has 3 rings (SSSR count). The van der Waals surface area contributed by atoms with E-state index in [4.69, 9.17) is 4.74 Å². The van der Waals surface area contributed by atoms with Gasteiger partial charge in [-0.25, -0.2) is 13.8 Å². The number of aryl methyl sites for hydroxylation is 1. The number of halogens is 2. The van der Waals surface area contributed by atoms with E-state index in [1.54, 1.807) is 19.9 Å². The van der Waals surface area contributed by atoms with Crippen molar-refractivity contribution >= 4 is 16.7 Å². The van der Waals surface area contributed by atoms with Crippen LogP contribution in [0.3, 0.4) is 0 Å². The Morgan fingerprint density at radius 3 is 2.58 bits per heavy atom.